The maximum atomic E-state index is 13.7. The Bertz CT molecular complexity index is 992. The summed E-state index contributed by atoms with van der Waals surface area (Å²) in [6.45, 7) is -0.527. The molecule has 0 aliphatic rings. The number of halogens is 2. The number of nitrogens with one attached hydrogen (secondary N) is 1. The highest BCUT2D eigenvalue weighted by Gasteiger charge is 2.16. The zero-order valence-electron chi connectivity index (χ0n) is 14.8. The molecule has 3 aromatic carbocycles. The number of carbonyl (C=O) groups excluding carboxylic acids is 2. The zero-order chi connectivity index (χ0) is 19.9. The number of esters is 1. The van der Waals surface area contributed by atoms with Gasteiger partial charge in [0.15, 0.2) is 6.61 Å². The lowest BCUT2D eigenvalue weighted by atomic mass is 10.0. The summed E-state index contributed by atoms with van der Waals surface area (Å²) in [5.74, 6) is -2.24. The molecule has 0 aliphatic heterocycles. The molecule has 0 saturated carbocycles. The first-order valence-corrected chi connectivity index (χ1v) is 8.94. The Balaban J connectivity index is 1.61. The van der Waals surface area contributed by atoms with Crippen LogP contribution in [0.3, 0.4) is 0 Å². The van der Waals surface area contributed by atoms with Crippen LogP contribution in [0, 0.1) is 5.82 Å². The molecule has 3 aromatic rings. The maximum absolute atomic E-state index is 13.7. The molecule has 0 bridgehead atoms. The minimum atomic E-state index is -0.929. The van der Waals surface area contributed by atoms with E-state index in [0.29, 0.717) is 12.1 Å². The van der Waals surface area contributed by atoms with Crippen LogP contribution in [0.25, 0.3) is 0 Å². The fourth-order valence-electron chi connectivity index (χ4n) is 2.66. The highest BCUT2D eigenvalue weighted by Crippen LogP contribution is 2.19. The highest BCUT2D eigenvalue weighted by molar-refractivity contribution is 6.30. The first kappa shape index (κ1) is 19.6. The van der Waals surface area contributed by atoms with Gasteiger partial charge in [0.05, 0.1) is 5.56 Å². The van der Waals surface area contributed by atoms with Gasteiger partial charge in [0.25, 0.3) is 5.91 Å². The lowest BCUT2D eigenvalue weighted by Gasteiger charge is -2.12. The molecule has 0 heterocycles. The number of ether oxygens (including phenoxy) is 1. The van der Waals surface area contributed by atoms with Crippen molar-refractivity contribution in [1.29, 1.82) is 0 Å². The minimum Gasteiger partial charge on any atom is -0.452 e. The standard InChI is InChI=1S/C22H17ClFNO3/c23-17-10-11-18(19(24)13-17)22(27)28-14-21(26)25-20-9-5-4-8-16(20)12-15-6-2-1-3-7-15/h1-11,13H,12,14H2,(H,25,26). The predicted molar refractivity (Wildman–Crippen MR) is 106 cm³/mol. The van der Waals surface area contributed by atoms with E-state index in [1.807, 2.05) is 42.5 Å². The van der Waals surface area contributed by atoms with Gasteiger partial charge in [-0.15, -0.1) is 0 Å². The van der Waals surface area contributed by atoms with Gasteiger partial charge < -0.3 is 10.1 Å². The number of para-hydroxylation sites is 1. The van der Waals surface area contributed by atoms with Crippen LogP contribution in [0.2, 0.25) is 5.02 Å². The molecular formula is C22H17ClFNO3. The van der Waals surface area contributed by atoms with E-state index in [0.717, 1.165) is 17.2 Å². The Hall–Kier alpha value is -3.18. The van der Waals surface area contributed by atoms with Crippen LogP contribution in [0.1, 0.15) is 21.5 Å². The number of amides is 1. The van der Waals surface area contributed by atoms with Crippen LogP contribution in [0.4, 0.5) is 10.1 Å². The Morgan fingerprint density at radius 1 is 0.964 bits per heavy atom. The van der Waals surface area contributed by atoms with Gasteiger partial charge >= 0.3 is 5.97 Å². The molecule has 0 atom stereocenters. The number of hydrogen-bond acceptors (Lipinski definition) is 3. The van der Waals surface area contributed by atoms with Gasteiger partial charge in [-0.05, 0) is 41.8 Å². The molecule has 0 aliphatic carbocycles. The lowest BCUT2D eigenvalue weighted by molar-refractivity contribution is -0.119. The van der Waals surface area contributed by atoms with Crippen molar-refractivity contribution < 1.29 is 18.7 Å². The van der Waals surface area contributed by atoms with Crippen LogP contribution in [-0.2, 0) is 16.0 Å². The number of anilines is 1. The van der Waals surface area contributed by atoms with Crippen molar-refractivity contribution in [1.82, 2.24) is 0 Å². The van der Waals surface area contributed by atoms with E-state index in [4.69, 9.17) is 16.3 Å². The second-order valence-corrected chi connectivity index (χ2v) is 6.50. The number of rotatable bonds is 6. The van der Waals surface area contributed by atoms with Gasteiger partial charge in [-0.25, -0.2) is 9.18 Å². The van der Waals surface area contributed by atoms with Crippen molar-refractivity contribution in [2.75, 3.05) is 11.9 Å². The van der Waals surface area contributed by atoms with Gasteiger partial charge in [0, 0.05) is 10.7 Å². The molecule has 0 radical (unpaired) electrons. The largest absolute Gasteiger partial charge is 0.452 e. The van der Waals surface area contributed by atoms with Crippen molar-refractivity contribution in [3.8, 4) is 0 Å². The van der Waals surface area contributed by atoms with E-state index in [1.165, 1.54) is 12.1 Å². The van der Waals surface area contributed by atoms with E-state index in [2.05, 4.69) is 5.32 Å². The summed E-state index contributed by atoms with van der Waals surface area (Å²) >= 11 is 5.66. The number of carbonyl (C=O) groups is 2. The summed E-state index contributed by atoms with van der Waals surface area (Å²) in [5, 5.41) is 2.90. The second kappa shape index (κ2) is 9.15. The highest BCUT2D eigenvalue weighted by atomic mass is 35.5. The van der Waals surface area contributed by atoms with Crippen LogP contribution < -0.4 is 5.32 Å². The van der Waals surface area contributed by atoms with Crippen LogP contribution in [0.15, 0.2) is 72.8 Å². The monoisotopic (exact) mass is 397 g/mol. The Labute approximate surface area is 166 Å². The molecule has 3 rings (SSSR count). The molecule has 0 unspecified atom stereocenters. The Kier molecular flexibility index (Phi) is 6.40. The van der Waals surface area contributed by atoms with Gasteiger partial charge in [-0.2, -0.15) is 0 Å². The summed E-state index contributed by atoms with van der Waals surface area (Å²) in [7, 11) is 0. The van der Waals surface area contributed by atoms with E-state index in [-0.39, 0.29) is 10.6 Å². The fourth-order valence-corrected chi connectivity index (χ4v) is 2.82. The van der Waals surface area contributed by atoms with E-state index < -0.39 is 24.3 Å². The van der Waals surface area contributed by atoms with Crippen LogP contribution >= 0.6 is 11.6 Å². The first-order valence-electron chi connectivity index (χ1n) is 8.57. The average Bonchev–Trinajstić information content (AvgIpc) is 2.68. The SMILES string of the molecule is O=C(COC(=O)c1ccc(Cl)cc1F)Nc1ccccc1Cc1ccccc1. The minimum absolute atomic E-state index is 0.168. The van der Waals surface area contributed by atoms with E-state index in [9.17, 15) is 14.0 Å². The Morgan fingerprint density at radius 2 is 1.68 bits per heavy atom. The maximum Gasteiger partial charge on any atom is 0.341 e. The molecule has 0 spiro atoms. The van der Waals surface area contributed by atoms with Gasteiger partial charge in [-0.1, -0.05) is 60.1 Å². The van der Waals surface area contributed by atoms with Crippen LogP contribution in [-0.4, -0.2) is 18.5 Å². The first-order chi connectivity index (χ1) is 13.5. The van der Waals surface area contributed by atoms with Crippen molar-refractivity contribution in [3.05, 3.63) is 100 Å². The Morgan fingerprint density at radius 3 is 2.43 bits per heavy atom. The number of benzene rings is 3. The van der Waals surface area contributed by atoms with Crippen molar-refractivity contribution >= 4 is 29.2 Å². The van der Waals surface area contributed by atoms with E-state index in [1.54, 1.807) is 12.1 Å². The lowest BCUT2D eigenvalue weighted by Crippen LogP contribution is -2.22. The summed E-state index contributed by atoms with van der Waals surface area (Å²) < 4.78 is 18.7. The summed E-state index contributed by atoms with van der Waals surface area (Å²) in [6, 6.07) is 20.8. The van der Waals surface area contributed by atoms with E-state index >= 15 is 0 Å². The molecular weight excluding hydrogens is 381 g/mol. The molecule has 0 aromatic heterocycles. The molecule has 0 saturated heterocycles. The van der Waals surface area contributed by atoms with Crippen molar-refractivity contribution in [2.45, 2.75) is 6.42 Å². The second-order valence-electron chi connectivity index (χ2n) is 6.07. The third-order valence-electron chi connectivity index (χ3n) is 4.01. The molecule has 0 fully saturated rings. The predicted octanol–water partition coefficient (Wildman–Crippen LogP) is 4.87. The van der Waals surface area contributed by atoms with Crippen molar-refractivity contribution in [2.24, 2.45) is 0 Å². The molecule has 1 N–H and O–H groups in total. The fraction of sp³-hybridized carbons (Fsp3) is 0.0909. The zero-order valence-corrected chi connectivity index (χ0v) is 15.6. The van der Waals surface area contributed by atoms with Gasteiger partial charge in [0.2, 0.25) is 0 Å². The van der Waals surface area contributed by atoms with Gasteiger partial charge in [0.1, 0.15) is 5.82 Å². The quantitative estimate of drug-likeness (QED) is 0.604. The summed E-state index contributed by atoms with van der Waals surface area (Å²) in [5.41, 5.74) is 2.39. The number of hydrogen-bond donors (Lipinski definition) is 1. The molecule has 1 amide bonds. The third kappa shape index (κ3) is 5.18. The molecule has 28 heavy (non-hydrogen) atoms. The topological polar surface area (TPSA) is 55.4 Å². The van der Waals surface area contributed by atoms with Crippen molar-refractivity contribution in [3.63, 3.8) is 0 Å². The summed E-state index contributed by atoms with van der Waals surface area (Å²) in [4.78, 5) is 24.1. The van der Waals surface area contributed by atoms with Crippen LogP contribution in [0.5, 0.6) is 0 Å². The molecule has 142 valence electrons. The normalized spacial score (nSPS) is 10.4. The van der Waals surface area contributed by atoms with Gasteiger partial charge in [-0.3, -0.25) is 4.79 Å². The third-order valence-corrected chi connectivity index (χ3v) is 4.25. The smallest absolute Gasteiger partial charge is 0.341 e. The molecule has 6 heteroatoms. The summed E-state index contributed by atoms with van der Waals surface area (Å²) in [6.07, 6.45) is 0.646. The average molecular weight is 398 g/mol. The molecule has 4 nitrogen and oxygen atoms in total.